The average Bonchev–Trinajstić information content (AvgIpc) is 2.76. The average molecular weight is 593 g/mol. The lowest BCUT2D eigenvalue weighted by Gasteiger charge is -2.08. The molecule has 1 aromatic rings. The van der Waals surface area contributed by atoms with Gasteiger partial charge in [0.1, 0.15) is 6.61 Å². The first-order valence-corrected chi connectivity index (χ1v) is 8.75. The Labute approximate surface area is 152 Å². The standard InChI is InChI=1S/C13H10I3NO2/c1-7-2-3-17-11(7)6-19-13(18)9-4-8(14)5-10(15)12(9)16/h3-5H,2,6H2,1H3. The lowest BCUT2D eigenvalue weighted by Crippen LogP contribution is -2.10. The SMILES string of the molecule is CC1=C(COC(=O)c2cc(I)cc(I)c2I)N=CC1. The minimum Gasteiger partial charge on any atom is -0.456 e. The van der Waals surface area contributed by atoms with Crippen molar-refractivity contribution >= 4 is 80.0 Å². The van der Waals surface area contributed by atoms with Crippen LogP contribution < -0.4 is 0 Å². The maximum atomic E-state index is 12.1. The minimum absolute atomic E-state index is 0.249. The Hall–Kier alpha value is 0.290. The molecule has 0 fully saturated rings. The fourth-order valence-electron chi connectivity index (χ4n) is 1.60. The lowest BCUT2D eigenvalue weighted by molar-refractivity contribution is 0.0537. The number of ether oxygens (including phenoxy) is 1. The van der Waals surface area contributed by atoms with Gasteiger partial charge in [-0.2, -0.15) is 0 Å². The molecule has 0 N–H and O–H groups in total. The summed E-state index contributed by atoms with van der Waals surface area (Å²) in [4.78, 5) is 16.3. The molecule has 19 heavy (non-hydrogen) atoms. The summed E-state index contributed by atoms with van der Waals surface area (Å²) in [6, 6.07) is 3.89. The van der Waals surface area contributed by atoms with Gasteiger partial charge in [0.05, 0.1) is 11.3 Å². The predicted molar refractivity (Wildman–Crippen MR) is 101 cm³/mol. The van der Waals surface area contributed by atoms with E-state index in [1.54, 1.807) is 0 Å². The maximum Gasteiger partial charge on any atom is 0.339 e. The van der Waals surface area contributed by atoms with Crippen LogP contribution in [0.2, 0.25) is 0 Å². The highest BCUT2D eigenvalue weighted by Crippen LogP contribution is 2.24. The zero-order chi connectivity index (χ0) is 14.0. The normalized spacial score (nSPS) is 14.1. The number of hydrogen-bond donors (Lipinski definition) is 0. The van der Waals surface area contributed by atoms with Crippen LogP contribution in [-0.4, -0.2) is 18.8 Å². The van der Waals surface area contributed by atoms with Crippen molar-refractivity contribution in [3.05, 3.63) is 39.7 Å². The molecule has 0 aliphatic carbocycles. The summed E-state index contributed by atoms with van der Waals surface area (Å²) in [5, 5.41) is 0. The molecular formula is C13H10I3NO2. The van der Waals surface area contributed by atoms with E-state index in [4.69, 9.17) is 4.74 Å². The molecule has 0 unspecified atom stereocenters. The van der Waals surface area contributed by atoms with Gasteiger partial charge in [-0.05, 0) is 92.4 Å². The van der Waals surface area contributed by atoms with E-state index in [-0.39, 0.29) is 12.6 Å². The first-order valence-electron chi connectivity index (χ1n) is 5.52. The Bertz CT molecular complexity index is 594. The summed E-state index contributed by atoms with van der Waals surface area (Å²) in [5.41, 5.74) is 2.65. The highest BCUT2D eigenvalue weighted by Gasteiger charge is 2.16. The van der Waals surface area contributed by atoms with Crippen molar-refractivity contribution in [1.82, 2.24) is 0 Å². The van der Waals surface area contributed by atoms with Gasteiger partial charge in [0.25, 0.3) is 0 Å². The molecule has 0 saturated heterocycles. The van der Waals surface area contributed by atoms with Gasteiger partial charge in [-0.1, -0.05) is 0 Å². The topological polar surface area (TPSA) is 38.7 Å². The second-order valence-electron chi connectivity index (χ2n) is 4.07. The quantitative estimate of drug-likeness (QED) is 0.297. The number of rotatable bonds is 3. The van der Waals surface area contributed by atoms with Crippen LogP contribution in [0.5, 0.6) is 0 Å². The fraction of sp³-hybridized carbons (Fsp3) is 0.231. The summed E-state index contributed by atoms with van der Waals surface area (Å²) in [5.74, 6) is -0.289. The van der Waals surface area contributed by atoms with Gasteiger partial charge >= 0.3 is 5.97 Å². The Morgan fingerprint density at radius 3 is 2.74 bits per heavy atom. The number of carbonyl (C=O) groups is 1. The van der Waals surface area contributed by atoms with E-state index < -0.39 is 0 Å². The number of aliphatic imine (C=N–C) groups is 1. The van der Waals surface area contributed by atoms with Gasteiger partial charge in [0.2, 0.25) is 0 Å². The van der Waals surface area contributed by atoms with Crippen LogP contribution in [0, 0.1) is 10.7 Å². The van der Waals surface area contributed by atoms with E-state index in [0.29, 0.717) is 5.56 Å². The van der Waals surface area contributed by atoms with Gasteiger partial charge in [-0.3, -0.25) is 4.99 Å². The van der Waals surface area contributed by atoms with E-state index in [1.165, 1.54) is 5.57 Å². The van der Waals surface area contributed by atoms with Crippen LogP contribution in [-0.2, 0) is 4.74 Å². The van der Waals surface area contributed by atoms with E-state index in [9.17, 15) is 4.79 Å². The zero-order valence-electron chi connectivity index (χ0n) is 10.0. The van der Waals surface area contributed by atoms with Crippen molar-refractivity contribution in [2.45, 2.75) is 13.3 Å². The van der Waals surface area contributed by atoms with Gasteiger partial charge in [-0.25, -0.2) is 4.79 Å². The molecular weight excluding hydrogens is 583 g/mol. The first-order chi connectivity index (χ1) is 8.99. The molecule has 2 rings (SSSR count). The predicted octanol–water partition coefficient (Wildman–Crippen LogP) is 4.41. The highest BCUT2D eigenvalue weighted by atomic mass is 127. The molecule has 1 aliphatic rings. The van der Waals surface area contributed by atoms with E-state index in [2.05, 4.69) is 72.8 Å². The molecule has 0 saturated carbocycles. The van der Waals surface area contributed by atoms with Crippen molar-refractivity contribution in [2.24, 2.45) is 4.99 Å². The van der Waals surface area contributed by atoms with Crippen molar-refractivity contribution in [2.75, 3.05) is 6.61 Å². The Balaban J connectivity index is 2.13. The van der Waals surface area contributed by atoms with Gasteiger partial charge in [-0.15, -0.1) is 0 Å². The third kappa shape index (κ3) is 3.90. The largest absolute Gasteiger partial charge is 0.456 e. The molecule has 0 spiro atoms. The third-order valence-corrected chi connectivity index (χ3v) is 6.36. The van der Waals surface area contributed by atoms with E-state index in [1.807, 2.05) is 25.3 Å². The molecule has 0 radical (unpaired) electrons. The fourth-order valence-corrected chi connectivity index (χ4v) is 3.97. The number of benzene rings is 1. The molecule has 100 valence electrons. The molecule has 3 nitrogen and oxygen atoms in total. The molecule has 0 atom stereocenters. The molecule has 1 aliphatic heterocycles. The van der Waals surface area contributed by atoms with Crippen molar-refractivity contribution in [3.63, 3.8) is 0 Å². The highest BCUT2D eigenvalue weighted by molar-refractivity contribution is 14.1. The zero-order valence-corrected chi connectivity index (χ0v) is 16.5. The first kappa shape index (κ1) is 15.7. The van der Waals surface area contributed by atoms with Crippen molar-refractivity contribution in [1.29, 1.82) is 0 Å². The monoisotopic (exact) mass is 593 g/mol. The van der Waals surface area contributed by atoms with Crippen molar-refractivity contribution in [3.8, 4) is 0 Å². The van der Waals surface area contributed by atoms with Gasteiger partial charge in [0, 0.05) is 23.3 Å². The third-order valence-electron chi connectivity index (χ3n) is 2.69. The number of nitrogens with zero attached hydrogens (tertiary/aromatic N) is 1. The van der Waals surface area contributed by atoms with Crippen LogP contribution in [0.4, 0.5) is 0 Å². The second kappa shape index (κ2) is 6.83. The number of carbonyl (C=O) groups excluding carboxylic acids is 1. The Morgan fingerprint density at radius 1 is 1.37 bits per heavy atom. The van der Waals surface area contributed by atoms with Crippen LogP contribution in [0.3, 0.4) is 0 Å². The lowest BCUT2D eigenvalue weighted by atomic mass is 10.2. The maximum absolute atomic E-state index is 12.1. The number of halogens is 3. The summed E-state index contributed by atoms with van der Waals surface area (Å²) < 4.78 is 8.38. The number of hydrogen-bond acceptors (Lipinski definition) is 3. The summed E-state index contributed by atoms with van der Waals surface area (Å²) >= 11 is 6.60. The molecule has 0 aromatic heterocycles. The molecule has 1 heterocycles. The molecule has 0 amide bonds. The van der Waals surface area contributed by atoms with Crippen LogP contribution in [0.25, 0.3) is 0 Å². The van der Waals surface area contributed by atoms with Crippen molar-refractivity contribution < 1.29 is 9.53 Å². The molecule has 0 bridgehead atoms. The van der Waals surface area contributed by atoms with E-state index in [0.717, 1.165) is 22.8 Å². The number of allylic oxidation sites excluding steroid dienone is 1. The number of esters is 1. The Kier molecular flexibility index (Phi) is 5.64. The molecule has 1 aromatic carbocycles. The van der Waals surface area contributed by atoms with Gasteiger partial charge < -0.3 is 4.74 Å². The Morgan fingerprint density at radius 2 is 2.11 bits per heavy atom. The van der Waals surface area contributed by atoms with Gasteiger partial charge in [0.15, 0.2) is 0 Å². The summed E-state index contributed by atoms with van der Waals surface area (Å²) in [6.45, 7) is 2.26. The summed E-state index contributed by atoms with van der Waals surface area (Å²) in [7, 11) is 0. The summed E-state index contributed by atoms with van der Waals surface area (Å²) in [6.07, 6.45) is 2.70. The minimum atomic E-state index is -0.289. The molecule has 6 heteroatoms. The van der Waals surface area contributed by atoms with Crippen LogP contribution in [0.1, 0.15) is 23.7 Å². The van der Waals surface area contributed by atoms with Crippen LogP contribution >= 0.6 is 67.8 Å². The van der Waals surface area contributed by atoms with Crippen LogP contribution in [0.15, 0.2) is 28.4 Å². The smallest absolute Gasteiger partial charge is 0.339 e. The van der Waals surface area contributed by atoms with E-state index >= 15 is 0 Å². The second-order valence-corrected chi connectivity index (χ2v) is 7.55.